The summed E-state index contributed by atoms with van der Waals surface area (Å²) in [6.45, 7) is 10.6. The molecule has 200 valence electrons. The lowest BCUT2D eigenvalue weighted by Crippen LogP contribution is -2.64. The average Bonchev–Trinajstić information content (AvgIpc) is 2.73. The van der Waals surface area contributed by atoms with Crippen LogP contribution in [0.25, 0.3) is 11.0 Å². The maximum atomic E-state index is 13.6. The van der Waals surface area contributed by atoms with Gasteiger partial charge in [0.25, 0.3) is 5.56 Å². The summed E-state index contributed by atoms with van der Waals surface area (Å²) >= 11 is 0. The fourth-order valence-electron chi connectivity index (χ4n) is 5.81. The number of nitrogens with one attached hydrogen (secondary N) is 1. The third kappa shape index (κ3) is 4.70. The number of rotatable bonds is 4. The van der Waals surface area contributed by atoms with E-state index >= 15 is 0 Å². The second kappa shape index (κ2) is 9.05. The number of aliphatic hydroxyl groups is 1. The number of fused-ring (bicyclic) bond motifs is 1. The van der Waals surface area contributed by atoms with Gasteiger partial charge in [-0.25, -0.2) is 9.78 Å². The zero-order valence-corrected chi connectivity index (χ0v) is 22.0. The van der Waals surface area contributed by atoms with Gasteiger partial charge in [0, 0.05) is 42.7 Å². The van der Waals surface area contributed by atoms with Crippen LogP contribution in [-0.4, -0.2) is 80.5 Å². The Morgan fingerprint density at radius 3 is 2.59 bits per heavy atom. The first-order valence-electron chi connectivity index (χ1n) is 12.8. The molecule has 11 heteroatoms. The summed E-state index contributed by atoms with van der Waals surface area (Å²) in [6, 6.07) is -0.407. The fraction of sp³-hybridized carbons (Fsp3) is 0.654. The van der Waals surface area contributed by atoms with E-state index in [2.05, 4.69) is 10.3 Å². The first kappa shape index (κ1) is 25.6. The highest BCUT2D eigenvalue weighted by Gasteiger charge is 2.55. The van der Waals surface area contributed by atoms with Crippen molar-refractivity contribution in [3.05, 3.63) is 27.7 Å². The number of aromatic nitrogens is 3. The van der Waals surface area contributed by atoms with Gasteiger partial charge in [0.2, 0.25) is 5.95 Å². The highest BCUT2D eigenvalue weighted by molar-refractivity contribution is 5.99. The van der Waals surface area contributed by atoms with E-state index in [4.69, 9.17) is 14.5 Å². The van der Waals surface area contributed by atoms with E-state index in [1.165, 1.54) is 6.92 Å². The summed E-state index contributed by atoms with van der Waals surface area (Å²) in [5, 5.41) is 14.1. The van der Waals surface area contributed by atoms with Crippen LogP contribution in [0.4, 0.5) is 10.7 Å². The zero-order valence-electron chi connectivity index (χ0n) is 22.0. The first-order valence-corrected chi connectivity index (χ1v) is 12.8. The van der Waals surface area contributed by atoms with E-state index in [-0.39, 0.29) is 47.1 Å². The molecule has 1 saturated carbocycles. The molecular formula is C26H35N5O6. The van der Waals surface area contributed by atoms with Crippen molar-refractivity contribution in [2.75, 3.05) is 31.6 Å². The van der Waals surface area contributed by atoms with Gasteiger partial charge in [-0.1, -0.05) is 0 Å². The number of pyridine rings is 1. The number of amides is 1. The average molecular weight is 514 g/mol. The molecule has 1 amide bonds. The number of likely N-dealkylation sites (tertiary alicyclic amines) is 1. The number of carbonyl (C=O) groups excluding carboxylic acids is 2. The lowest BCUT2D eigenvalue weighted by Gasteiger charge is -2.58. The van der Waals surface area contributed by atoms with Crippen LogP contribution < -0.4 is 10.9 Å². The lowest BCUT2D eigenvalue weighted by molar-refractivity contribution is -0.0906. The summed E-state index contributed by atoms with van der Waals surface area (Å²) in [4.78, 5) is 49.3. The summed E-state index contributed by atoms with van der Waals surface area (Å²) in [6.07, 6.45) is 2.64. The second-order valence-corrected chi connectivity index (χ2v) is 11.7. The van der Waals surface area contributed by atoms with Crippen LogP contribution in [0, 0.1) is 12.3 Å². The van der Waals surface area contributed by atoms with Crippen LogP contribution in [0.1, 0.15) is 68.9 Å². The molecule has 0 bridgehead atoms. The molecule has 0 aromatic carbocycles. The number of anilines is 1. The van der Waals surface area contributed by atoms with Crippen LogP contribution in [0.15, 0.2) is 11.0 Å². The minimum atomic E-state index is -0.685. The zero-order chi connectivity index (χ0) is 26.7. The molecule has 0 radical (unpaired) electrons. The van der Waals surface area contributed by atoms with E-state index in [1.54, 1.807) is 22.6 Å². The van der Waals surface area contributed by atoms with Crippen molar-refractivity contribution in [1.82, 2.24) is 19.4 Å². The van der Waals surface area contributed by atoms with Crippen LogP contribution >= 0.6 is 0 Å². The number of hydrogen-bond acceptors (Lipinski definition) is 9. The minimum Gasteiger partial charge on any atom is -0.444 e. The maximum absolute atomic E-state index is 13.6. The fourth-order valence-corrected chi connectivity index (χ4v) is 5.81. The monoisotopic (exact) mass is 513 g/mol. The molecule has 2 atom stereocenters. The van der Waals surface area contributed by atoms with Crippen molar-refractivity contribution in [2.24, 2.45) is 5.41 Å². The second-order valence-electron chi connectivity index (χ2n) is 11.7. The molecule has 4 heterocycles. The number of nitrogens with zero attached hydrogens (tertiary/aromatic N) is 4. The van der Waals surface area contributed by atoms with E-state index < -0.39 is 11.7 Å². The third-order valence-corrected chi connectivity index (χ3v) is 7.61. The Labute approximate surface area is 215 Å². The molecular weight excluding hydrogens is 478 g/mol. The van der Waals surface area contributed by atoms with Crippen LogP contribution in [0.3, 0.4) is 0 Å². The Kier molecular flexibility index (Phi) is 6.26. The van der Waals surface area contributed by atoms with Gasteiger partial charge >= 0.3 is 6.09 Å². The van der Waals surface area contributed by atoms with Gasteiger partial charge in [0.1, 0.15) is 11.2 Å². The molecule has 11 nitrogen and oxygen atoms in total. The van der Waals surface area contributed by atoms with Crippen molar-refractivity contribution in [2.45, 2.75) is 77.7 Å². The normalized spacial score (nSPS) is 23.5. The first-order chi connectivity index (χ1) is 17.4. The van der Waals surface area contributed by atoms with Gasteiger partial charge in [-0.2, -0.15) is 4.98 Å². The lowest BCUT2D eigenvalue weighted by atomic mass is 9.60. The van der Waals surface area contributed by atoms with Crippen molar-refractivity contribution in [3.63, 3.8) is 0 Å². The van der Waals surface area contributed by atoms with E-state index in [1.807, 2.05) is 20.8 Å². The Balaban J connectivity index is 1.43. The summed E-state index contributed by atoms with van der Waals surface area (Å²) in [5.41, 5.74) is 0.225. The van der Waals surface area contributed by atoms with Gasteiger partial charge in [-0.15, -0.1) is 0 Å². The largest absolute Gasteiger partial charge is 0.444 e. The maximum Gasteiger partial charge on any atom is 0.410 e. The van der Waals surface area contributed by atoms with Gasteiger partial charge in [0.05, 0.1) is 24.3 Å². The van der Waals surface area contributed by atoms with Gasteiger partial charge in [0.15, 0.2) is 5.78 Å². The molecule has 3 fully saturated rings. The smallest absolute Gasteiger partial charge is 0.410 e. The number of ketones is 1. The van der Waals surface area contributed by atoms with Crippen molar-refractivity contribution < 1.29 is 24.2 Å². The number of hydrogen-bond donors (Lipinski definition) is 2. The van der Waals surface area contributed by atoms with Crippen LogP contribution in [0.5, 0.6) is 0 Å². The SMILES string of the molecule is CC(=O)c1c(C)c2cnc(N[C@@H]3CCOC[C@H]3O)nc2n(C2CC3(C2)CN(C(=O)OC(C)(C)C)C3)c1=O. The molecule has 5 rings (SSSR count). The van der Waals surface area contributed by atoms with Crippen molar-refractivity contribution >= 4 is 28.9 Å². The van der Waals surface area contributed by atoms with Crippen LogP contribution in [0.2, 0.25) is 0 Å². The van der Waals surface area contributed by atoms with E-state index in [0.29, 0.717) is 61.5 Å². The number of Topliss-reactive ketones (excluding diaryl/α,β-unsaturated/α-hetero) is 1. The Bertz CT molecular complexity index is 1300. The van der Waals surface area contributed by atoms with Gasteiger partial charge in [-0.3, -0.25) is 14.2 Å². The predicted octanol–water partition coefficient (Wildman–Crippen LogP) is 2.44. The standard InChI is InChI=1S/C26H35N5O6/c1-14-17-10-27-23(28-18-6-7-36-11-19(18)33)29-21(17)31(22(34)20(14)15(2)32)16-8-26(9-16)12-30(13-26)24(35)37-25(3,4)5/h10,16,18-19,33H,6-9,11-13H2,1-5H3,(H,27,28,29)/t18-,19-/m1/s1. The molecule has 2 N–H and O–H groups in total. The number of aryl methyl sites for hydroxylation is 1. The molecule has 37 heavy (non-hydrogen) atoms. The third-order valence-electron chi connectivity index (χ3n) is 7.61. The Morgan fingerprint density at radius 2 is 1.97 bits per heavy atom. The highest BCUT2D eigenvalue weighted by atomic mass is 16.6. The molecule has 1 spiro atoms. The minimum absolute atomic E-state index is 0.0606. The topological polar surface area (TPSA) is 136 Å². The number of carbonyl (C=O) groups is 2. The predicted molar refractivity (Wildman–Crippen MR) is 136 cm³/mol. The summed E-state index contributed by atoms with van der Waals surface area (Å²) in [5.74, 6) is 0.0230. The number of ether oxygens (including phenoxy) is 2. The van der Waals surface area contributed by atoms with E-state index in [9.17, 15) is 19.5 Å². The molecule has 2 aromatic rings. The molecule has 2 aliphatic heterocycles. The summed E-state index contributed by atoms with van der Waals surface area (Å²) < 4.78 is 12.4. The Morgan fingerprint density at radius 1 is 1.27 bits per heavy atom. The summed E-state index contributed by atoms with van der Waals surface area (Å²) in [7, 11) is 0. The molecule has 1 aliphatic carbocycles. The van der Waals surface area contributed by atoms with Gasteiger partial charge in [-0.05, 0) is 59.4 Å². The number of aliphatic hydroxyl groups excluding tert-OH is 1. The highest BCUT2D eigenvalue weighted by Crippen LogP contribution is 2.54. The van der Waals surface area contributed by atoms with E-state index in [0.717, 1.165) is 0 Å². The van der Waals surface area contributed by atoms with Gasteiger partial charge < -0.3 is 24.8 Å². The van der Waals surface area contributed by atoms with Crippen molar-refractivity contribution in [1.29, 1.82) is 0 Å². The Hall–Kier alpha value is -3.05. The molecule has 2 saturated heterocycles. The van der Waals surface area contributed by atoms with Crippen molar-refractivity contribution in [3.8, 4) is 0 Å². The van der Waals surface area contributed by atoms with Crippen LogP contribution in [-0.2, 0) is 9.47 Å². The molecule has 2 aromatic heterocycles. The molecule has 0 unspecified atom stereocenters. The quantitative estimate of drug-likeness (QED) is 0.591. The molecule has 3 aliphatic rings.